The molecule has 3 aliphatic rings. The first-order chi connectivity index (χ1) is 9.79. The number of carboxylic acid groups (broad SMARTS) is 1. The fourth-order valence-electron chi connectivity index (χ4n) is 4.27. The van der Waals surface area contributed by atoms with Crippen LogP contribution < -0.4 is 0 Å². The number of hydrogen-bond donors (Lipinski definition) is 3. The van der Waals surface area contributed by atoms with Gasteiger partial charge >= 0.3 is 11.9 Å². The SMILES string of the molecule is CC1=C[C@]23[C@H](C=C(C(=O)O)[C@@H]2COC(=O)[C@]3(O)CO)[C@@H]1C. The maximum Gasteiger partial charge on any atom is 0.341 e. The lowest BCUT2D eigenvalue weighted by Gasteiger charge is -2.49. The lowest BCUT2D eigenvalue weighted by atomic mass is 9.59. The number of ether oxygens (including phenoxy) is 1. The number of carbonyl (C=O) groups is 2. The normalized spacial score (nSPS) is 44.6. The minimum absolute atomic E-state index is 0.00618. The maximum absolute atomic E-state index is 12.1. The molecule has 3 N–H and O–H groups in total. The van der Waals surface area contributed by atoms with Gasteiger partial charge in [0.2, 0.25) is 0 Å². The van der Waals surface area contributed by atoms with Crippen molar-refractivity contribution in [2.45, 2.75) is 19.4 Å². The van der Waals surface area contributed by atoms with Crippen LogP contribution in [0.2, 0.25) is 0 Å². The maximum atomic E-state index is 12.1. The number of aliphatic carboxylic acids is 1. The van der Waals surface area contributed by atoms with Gasteiger partial charge in [-0.25, -0.2) is 9.59 Å². The van der Waals surface area contributed by atoms with Crippen molar-refractivity contribution in [3.8, 4) is 0 Å². The molecule has 2 aliphatic carbocycles. The van der Waals surface area contributed by atoms with Crippen LogP contribution in [-0.2, 0) is 14.3 Å². The zero-order valence-electron chi connectivity index (χ0n) is 11.9. The Kier molecular flexibility index (Phi) is 2.84. The molecule has 6 nitrogen and oxygen atoms in total. The number of cyclic esters (lactones) is 1. The average molecular weight is 294 g/mol. The molecule has 1 heterocycles. The number of allylic oxidation sites excluding steroid dienone is 2. The summed E-state index contributed by atoms with van der Waals surface area (Å²) in [6.07, 6.45) is 3.39. The summed E-state index contributed by atoms with van der Waals surface area (Å²) in [5.74, 6) is -2.95. The Labute approximate surface area is 121 Å². The fraction of sp³-hybridized carbons (Fsp3) is 0.600. The number of rotatable bonds is 2. The third-order valence-corrected chi connectivity index (χ3v) is 5.50. The highest BCUT2D eigenvalue weighted by Gasteiger charge is 2.71. The first-order valence-corrected chi connectivity index (χ1v) is 6.94. The zero-order valence-corrected chi connectivity index (χ0v) is 11.9. The highest BCUT2D eigenvalue weighted by molar-refractivity contribution is 5.91. The summed E-state index contributed by atoms with van der Waals surface area (Å²) < 4.78 is 4.97. The number of esters is 1. The van der Waals surface area contributed by atoms with Gasteiger partial charge in [0.15, 0.2) is 5.60 Å². The molecule has 0 aromatic carbocycles. The summed E-state index contributed by atoms with van der Waals surface area (Å²) >= 11 is 0. The molecule has 6 heteroatoms. The number of hydrogen-bond acceptors (Lipinski definition) is 5. The Morgan fingerprint density at radius 3 is 2.76 bits per heavy atom. The van der Waals surface area contributed by atoms with E-state index < -0.39 is 35.5 Å². The molecule has 0 aromatic heterocycles. The van der Waals surface area contributed by atoms with Crippen LogP contribution in [0.3, 0.4) is 0 Å². The van der Waals surface area contributed by atoms with Crippen LogP contribution >= 0.6 is 0 Å². The molecular formula is C15H18O6. The van der Waals surface area contributed by atoms with Crippen LogP contribution in [0.4, 0.5) is 0 Å². The topological polar surface area (TPSA) is 104 Å². The smallest absolute Gasteiger partial charge is 0.341 e. The Morgan fingerprint density at radius 2 is 2.19 bits per heavy atom. The monoisotopic (exact) mass is 294 g/mol. The van der Waals surface area contributed by atoms with Gasteiger partial charge in [0.25, 0.3) is 0 Å². The quantitative estimate of drug-likeness (QED) is 0.493. The molecule has 21 heavy (non-hydrogen) atoms. The van der Waals surface area contributed by atoms with Crippen LogP contribution in [0.5, 0.6) is 0 Å². The minimum Gasteiger partial charge on any atom is -0.478 e. The minimum atomic E-state index is -2.11. The van der Waals surface area contributed by atoms with Gasteiger partial charge in [0.05, 0.1) is 13.2 Å². The largest absolute Gasteiger partial charge is 0.478 e. The van der Waals surface area contributed by atoms with Crippen LogP contribution in [0.25, 0.3) is 0 Å². The molecule has 0 aromatic rings. The van der Waals surface area contributed by atoms with Crippen molar-refractivity contribution in [1.29, 1.82) is 0 Å². The molecular weight excluding hydrogens is 276 g/mol. The Bertz CT molecular complexity index is 591. The summed E-state index contributed by atoms with van der Waals surface area (Å²) in [7, 11) is 0. The van der Waals surface area contributed by atoms with Crippen LogP contribution in [-0.4, -0.2) is 46.1 Å². The van der Waals surface area contributed by atoms with E-state index in [0.29, 0.717) is 0 Å². The highest BCUT2D eigenvalue weighted by atomic mass is 16.6. The second-order valence-corrected chi connectivity index (χ2v) is 6.23. The lowest BCUT2D eigenvalue weighted by Crippen LogP contribution is -2.65. The molecule has 114 valence electrons. The molecule has 3 rings (SSSR count). The van der Waals surface area contributed by atoms with Crippen LogP contribution in [0.15, 0.2) is 23.3 Å². The van der Waals surface area contributed by atoms with E-state index in [1.165, 1.54) is 0 Å². The van der Waals surface area contributed by atoms with E-state index in [2.05, 4.69) is 0 Å². The van der Waals surface area contributed by atoms with Crippen molar-refractivity contribution in [1.82, 2.24) is 0 Å². The van der Waals surface area contributed by atoms with E-state index in [0.717, 1.165) is 5.57 Å². The van der Waals surface area contributed by atoms with Gasteiger partial charge in [-0.1, -0.05) is 24.6 Å². The van der Waals surface area contributed by atoms with Crippen molar-refractivity contribution < 1.29 is 29.6 Å². The zero-order chi connectivity index (χ0) is 15.6. The molecule has 5 atom stereocenters. The second-order valence-electron chi connectivity index (χ2n) is 6.23. The van der Waals surface area contributed by atoms with Crippen molar-refractivity contribution >= 4 is 11.9 Å². The first kappa shape index (κ1) is 14.3. The van der Waals surface area contributed by atoms with Gasteiger partial charge in [0.1, 0.15) is 0 Å². The summed E-state index contributed by atoms with van der Waals surface area (Å²) in [5.41, 5.74) is -2.11. The number of carboxylic acids is 1. The van der Waals surface area contributed by atoms with Crippen LogP contribution in [0.1, 0.15) is 13.8 Å². The van der Waals surface area contributed by atoms with E-state index >= 15 is 0 Å². The van der Waals surface area contributed by atoms with Crippen molar-refractivity contribution in [2.75, 3.05) is 13.2 Å². The number of carbonyl (C=O) groups excluding carboxylic acids is 1. The molecule has 0 saturated carbocycles. The summed E-state index contributed by atoms with van der Waals surface area (Å²) in [5, 5.41) is 29.9. The van der Waals surface area contributed by atoms with E-state index in [-0.39, 0.29) is 24.0 Å². The third kappa shape index (κ3) is 1.44. The first-order valence-electron chi connectivity index (χ1n) is 6.94. The predicted octanol–water partition coefficient (Wildman–Crippen LogP) is 0.106. The standard InChI is InChI=1S/C15H18O6/c1-7-4-14-10(8(7)2)3-9(12(17)18)11(14)5-21-13(19)15(14,20)6-16/h3-4,8,10-11,16,20H,5-6H2,1-2H3,(H,17,18)/t8-,10-,11+,14+,15-/m1/s1. The Balaban J connectivity index is 2.23. The second kappa shape index (κ2) is 4.18. The molecule has 0 radical (unpaired) electrons. The van der Waals surface area contributed by atoms with Gasteiger partial charge in [0, 0.05) is 16.9 Å². The van der Waals surface area contributed by atoms with Crippen LogP contribution in [0, 0.1) is 23.2 Å². The van der Waals surface area contributed by atoms with Gasteiger partial charge in [-0.3, -0.25) is 0 Å². The van der Waals surface area contributed by atoms with Gasteiger partial charge in [-0.2, -0.15) is 0 Å². The average Bonchev–Trinajstić information content (AvgIpc) is 2.89. The van der Waals surface area contributed by atoms with Gasteiger partial charge in [-0.15, -0.1) is 0 Å². The molecule has 1 fully saturated rings. The molecule has 0 bridgehead atoms. The van der Waals surface area contributed by atoms with E-state index in [1.54, 1.807) is 12.2 Å². The van der Waals surface area contributed by atoms with Gasteiger partial charge in [-0.05, 0) is 18.8 Å². The number of aliphatic hydroxyl groups excluding tert-OH is 1. The molecule has 0 amide bonds. The highest BCUT2D eigenvalue weighted by Crippen LogP contribution is 2.63. The van der Waals surface area contributed by atoms with Gasteiger partial charge < -0.3 is 20.1 Å². The van der Waals surface area contributed by atoms with Crippen molar-refractivity contribution in [3.63, 3.8) is 0 Å². The lowest BCUT2D eigenvalue weighted by molar-refractivity contribution is -0.212. The molecule has 1 aliphatic heterocycles. The van der Waals surface area contributed by atoms with Crippen molar-refractivity contribution in [3.05, 3.63) is 23.3 Å². The number of aliphatic hydroxyl groups is 2. The Hall–Kier alpha value is -1.66. The molecule has 1 spiro atoms. The van der Waals surface area contributed by atoms with E-state index in [9.17, 15) is 24.9 Å². The fourth-order valence-corrected chi connectivity index (χ4v) is 4.27. The molecule has 1 saturated heterocycles. The van der Waals surface area contributed by atoms with E-state index in [4.69, 9.17) is 4.74 Å². The summed E-state index contributed by atoms with van der Waals surface area (Å²) in [6.45, 7) is 2.94. The Morgan fingerprint density at radius 1 is 1.52 bits per heavy atom. The molecule has 0 unspecified atom stereocenters. The van der Waals surface area contributed by atoms with E-state index in [1.807, 2.05) is 13.8 Å². The van der Waals surface area contributed by atoms with Crippen molar-refractivity contribution in [2.24, 2.45) is 23.2 Å². The summed E-state index contributed by atoms with van der Waals surface area (Å²) in [6, 6.07) is 0. The predicted molar refractivity (Wildman–Crippen MR) is 71.0 cm³/mol. The summed E-state index contributed by atoms with van der Waals surface area (Å²) in [4.78, 5) is 23.6. The third-order valence-electron chi connectivity index (χ3n) is 5.50.